The number of fused-ring (bicyclic) bond motifs is 1. The standard InChI is InChI=1S/C14H20O3/c1-3-6-11(2)15-10-14-16-9-12-7-4-5-8-13(12)17-14/h4-5,7-8,11,14H,3,6,9-10H2,1-2H3. The molecule has 0 bridgehead atoms. The fourth-order valence-electron chi connectivity index (χ4n) is 1.91. The highest BCUT2D eigenvalue weighted by atomic mass is 16.7. The van der Waals surface area contributed by atoms with E-state index in [4.69, 9.17) is 14.2 Å². The van der Waals surface area contributed by atoms with Gasteiger partial charge in [-0.15, -0.1) is 0 Å². The van der Waals surface area contributed by atoms with Crippen molar-refractivity contribution < 1.29 is 14.2 Å². The van der Waals surface area contributed by atoms with E-state index in [0.717, 1.165) is 24.2 Å². The van der Waals surface area contributed by atoms with Crippen LogP contribution in [0.1, 0.15) is 32.3 Å². The molecule has 1 aliphatic heterocycles. The predicted octanol–water partition coefficient (Wildman–Crippen LogP) is 3.13. The average Bonchev–Trinajstić information content (AvgIpc) is 2.36. The van der Waals surface area contributed by atoms with Gasteiger partial charge in [0.25, 0.3) is 0 Å². The highest BCUT2D eigenvalue weighted by Crippen LogP contribution is 2.25. The number of benzene rings is 1. The largest absolute Gasteiger partial charge is 0.462 e. The highest BCUT2D eigenvalue weighted by Gasteiger charge is 2.20. The topological polar surface area (TPSA) is 27.7 Å². The van der Waals surface area contributed by atoms with Crippen molar-refractivity contribution in [3.63, 3.8) is 0 Å². The minimum atomic E-state index is -0.274. The van der Waals surface area contributed by atoms with E-state index >= 15 is 0 Å². The summed E-state index contributed by atoms with van der Waals surface area (Å²) in [6.07, 6.45) is 2.20. The maximum atomic E-state index is 5.71. The van der Waals surface area contributed by atoms with Crippen LogP contribution in [0.5, 0.6) is 5.75 Å². The molecule has 1 aromatic carbocycles. The van der Waals surface area contributed by atoms with E-state index < -0.39 is 0 Å². The van der Waals surface area contributed by atoms with Gasteiger partial charge < -0.3 is 14.2 Å². The molecule has 2 unspecified atom stereocenters. The zero-order chi connectivity index (χ0) is 12.1. The lowest BCUT2D eigenvalue weighted by Gasteiger charge is -2.27. The minimum Gasteiger partial charge on any atom is -0.462 e. The molecule has 0 amide bonds. The zero-order valence-corrected chi connectivity index (χ0v) is 10.5. The molecular weight excluding hydrogens is 216 g/mol. The number of para-hydroxylation sites is 1. The molecule has 0 radical (unpaired) electrons. The normalized spacial score (nSPS) is 20.5. The Kier molecular flexibility index (Phi) is 4.40. The lowest BCUT2D eigenvalue weighted by Crippen LogP contribution is -2.31. The molecule has 17 heavy (non-hydrogen) atoms. The van der Waals surface area contributed by atoms with Crippen molar-refractivity contribution in [1.82, 2.24) is 0 Å². The smallest absolute Gasteiger partial charge is 0.223 e. The second-order valence-electron chi connectivity index (χ2n) is 4.40. The molecular formula is C14H20O3. The molecule has 1 aromatic rings. The van der Waals surface area contributed by atoms with E-state index in [0.29, 0.717) is 13.2 Å². The number of hydrogen-bond donors (Lipinski definition) is 0. The summed E-state index contributed by atoms with van der Waals surface area (Å²) < 4.78 is 17.0. The third-order valence-electron chi connectivity index (χ3n) is 2.87. The average molecular weight is 236 g/mol. The van der Waals surface area contributed by atoms with Crippen LogP contribution in [0.4, 0.5) is 0 Å². The number of ether oxygens (including phenoxy) is 3. The lowest BCUT2D eigenvalue weighted by atomic mass is 10.2. The van der Waals surface area contributed by atoms with Gasteiger partial charge in [-0.2, -0.15) is 0 Å². The first-order valence-corrected chi connectivity index (χ1v) is 6.27. The van der Waals surface area contributed by atoms with Gasteiger partial charge in [0.1, 0.15) is 12.4 Å². The van der Waals surface area contributed by atoms with Gasteiger partial charge in [0.15, 0.2) is 0 Å². The molecule has 94 valence electrons. The summed E-state index contributed by atoms with van der Waals surface area (Å²) in [6, 6.07) is 7.96. The van der Waals surface area contributed by atoms with Gasteiger partial charge in [0.2, 0.25) is 6.29 Å². The van der Waals surface area contributed by atoms with Gasteiger partial charge in [-0.1, -0.05) is 31.5 Å². The van der Waals surface area contributed by atoms with Crippen molar-refractivity contribution in [2.75, 3.05) is 6.61 Å². The minimum absolute atomic E-state index is 0.268. The second kappa shape index (κ2) is 6.03. The van der Waals surface area contributed by atoms with Crippen molar-refractivity contribution in [1.29, 1.82) is 0 Å². The SMILES string of the molecule is CCCC(C)OCC1OCc2ccccc2O1. The molecule has 3 heteroatoms. The quantitative estimate of drug-likeness (QED) is 0.786. The molecule has 0 N–H and O–H groups in total. The molecule has 0 aromatic heterocycles. The summed E-state index contributed by atoms with van der Waals surface area (Å²) in [6.45, 7) is 5.34. The van der Waals surface area contributed by atoms with Crippen LogP contribution in [0.3, 0.4) is 0 Å². The van der Waals surface area contributed by atoms with Gasteiger partial charge in [-0.25, -0.2) is 0 Å². The zero-order valence-electron chi connectivity index (χ0n) is 10.5. The van der Waals surface area contributed by atoms with Crippen molar-refractivity contribution in [3.8, 4) is 5.75 Å². The first kappa shape index (κ1) is 12.4. The third kappa shape index (κ3) is 3.45. The Morgan fingerprint density at radius 3 is 3.06 bits per heavy atom. The van der Waals surface area contributed by atoms with Gasteiger partial charge >= 0.3 is 0 Å². The molecule has 0 aliphatic carbocycles. The Hall–Kier alpha value is -1.06. The molecule has 1 aliphatic rings. The van der Waals surface area contributed by atoms with Crippen LogP contribution in [0.15, 0.2) is 24.3 Å². The molecule has 0 fully saturated rings. The molecule has 0 saturated carbocycles. The summed E-state index contributed by atoms with van der Waals surface area (Å²) in [7, 11) is 0. The summed E-state index contributed by atoms with van der Waals surface area (Å²) in [5, 5.41) is 0. The van der Waals surface area contributed by atoms with E-state index in [1.807, 2.05) is 24.3 Å². The van der Waals surface area contributed by atoms with Crippen LogP contribution in [-0.4, -0.2) is 19.0 Å². The van der Waals surface area contributed by atoms with Crippen molar-refractivity contribution in [2.45, 2.75) is 45.7 Å². The van der Waals surface area contributed by atoms with E-state index in [1.165, 1.54) is 0 Å². The third-order valence-corrected chi connectivity index (χ3v) is 2.87. The molecule has 1 heterocycles. The molecule has 0 spiro atoms. The molecule has 0 saturated heterocycles. The van der Waals surface area contributed by atoms with E-state index in [1.54, 1.807) is 0 Å². The summed E-state index contributed by atoms with van der Waals surface area (Å²) in [5.41, 5.74) is 1.10. The Morgan fingerprint density at radius 2 is 2.24 bits per heavy atom. The van der Waals surface area contributed by atoms with Gasteiger partial charge in [-0.05, 0) is 19.4 Å². The highest BCUT2D eigenvalue weighted by molar-refractivity contribution is 5.33. The second-order valence-corrected chi connectivity index (χ2v) is 4.40. The maximum absolute atomic E-state index is 5.71. The molecule has 2 rings (SSSR count). The van der Waals surface area contributed by atoms with E-state index in [9.17, 15) is 0 Å². The maximum Gasteiger partial charge on any atom is 0.223 e. The van der Waals surface area contributed by atoms with Crippen molar-refractivity contribution in [2.24, 2.45) is 0 Å². The van der Waals surface area contributed by atoms with Gasteiger partial charge in [0, 0.05) is 5.56 Å². The van der Waals surface area contributed by atoms with Gasteiger partial charge in [-0.3, -0.25) is 0 Å². The van der Waals surface area contributed by atoms with Crippen LogP contribution >= 0.6 is 0 Å². The van der Waals surface area contributed by atoms with E-state index in [-0.39, 0.29) is 12.4 Å². The van der Waals surface area contributed by atoms with Crippen LogP contribution in [0.25, 0.3) is 0 Å². The van der Waals surface area contributed by atoms with Gasteiger partial charge in [0.05, 0.1) is 12.7 Å². The van der Waals surface area contributed by atoms with Crippen LogP contribution in [0.2, 0.25) is 0 Å². The van der Waals surface area contributed by atoms with Crippen LogP contribution < -0.4 is 4.74 Å². The summed E-state index contributed by atoms with van der Waals surface area (Å²) in [5.74, 6) is 0.912. The van der Waals surface area contributed by atoms with Crippen LogP contribution in [-0.2, 0) is 16.1 Å². The Bertz CT molecular complexity index is 351. The molecule has 2 atom stereocenters. The van der Waals surface area contributed by atoms with Crippen molar-refractivity contribution in [3.05, 3.63) is 29.8 Å². The first-order chi connectivity index (χ1) is 8.29. The Labute approximate surface area is 103 Å². The lowest BCUT2D eigenvalue weighted by molar-refractivity contribution is -0.152. The Morgan fingerprint density at radius 1 is 1.41 bits per heavy atom. The number of hydrogen-bond acceptors (Lipinski definition) is 3. The van der Waals surface area contributed by atoms with Crippen molar-refractivity contribution >= 4 is 0 Å². The summed E-state index contributed by atoms with van der Waals surface area (Å²) in [4.78, 5) is 0. The monoisotopic (exact) mass is 236 g/mol. The van der Waals surface area contributed by atoms with E-state index in [2.05, 4.69) is 13.8 Å². The van der Waals surface area contributed by atoms with Crippen LogP contribution in [0, 0.1) is 0 Å². The predicted molar refractivity (Wildman–Crippen MR) is 66.0 cm³/mol. The summed E-state index contributed by atoms with van der Waals surface area (Å²) >= 11 is 0. The Balaban J connectivity index is 1.82. The number of rotatable bonds is 5. The fraction of sp³-hybridized carbons (Fsp3) is 0.571. The fourth-order valence-corrected chi connectivity index (χ4v) is 1.91. The first-order valence-electron chi connectivity index (χ1n) is 6.27. The molecule has 3 nitrogen and oxygen atoms in total.